The van der Waals surface area contributed by atoms with Gasteiger partial charge in [0.25, 0.3) is 0 Å². The Morgan fingerprint density at radius 3 is 2.50 bits per heavy atom. The number of rotatable bonds is 1. The van der Waals surface area contributed by atoms with Gasteiger partial charge in [0.05, 0.1) is 0 Å². The van der Waals surface area contributed by atoms with Crippen molar-refractivity contribution in [2.75, 3.05) is 0 Å². The van der Waals surface area contributed by atoms with E-state index in [1.54, 1.807) is 0 Å². The summed E-state index contributed by atoms with van der Waals surface area (Å²) in [6, 6.07) is 12.2. The highest BCUT2D eigenvalue weighted by Crippen LogP contribution is 2.36. The summed E-state index contributed by atoms with van der Waals surface area (Å²) in [7, 11) is 0. The molecular weight excluding hydrogens is 222 g/mol. The zero-order chi connectivity index (χ0) is 12.8. The Morgan fingerprint density at radius 1 is 1.06 bits per heavy atom. The molecule has 0 saturated heterocycles. The van der Waals surface area contributed by atoms with Crippen molar-refractivity contribution in [1.82, 2.24) is 4.57 Å². The minimum atomic E-state index is 0.0645. The molecule has 0 amide bonds. The van der Waals surface area contributed by atoms with Gasteiger partial charge in [0, 0.05) is 29.6 Å². The molecule has 1 aromatic heterocycles. The smallest absolute Gasteiger partial charge is 0.165 e. The first-order valence-corrected chi connectivity index (χ1v) is 6.36. The third kappa shape index (κ3) is 1.78. The summed E-state index contributed by atoms with van der Waals surface area (Å²) in [5.41, 5.74) is 3.25. The van der Waals surface area contributed by atoms with Crippen molar-refractivity contribution in [3.05, 3.63) is 53.9 Å². The average Bonchev–Trinajstić information content (AvgIpc) is 2.72. The number of Topliss-reactive ketones (excluding diaryl/α,β-unsaturated/α-hetero) is 1. The van der Waals surface area contributed by atoms with Crippen LogP contribution in [0.15, 0.2) is 42.6 Å². The molecule has 1 heterocycles. The summed E-state index contributed by atoms with van der Waals surface area (Å²) >= 11 is 0. The van der Waals surface area contributed by atoms with Crippen molar-refractivity contribution in [1.29, 1.82) is 0 Å². The number of fused-ring (bicyclic) bond motifs is 1. The number of ketones is 1. The molecule has 1 aromatic carbocycles. The number of benzene rings is 1. The van der Waals surface area contributed by atoms with E-state index in [4.69, 9.17) is 0 Å². The molecule has 2 aromatic rings. The van der Waals surface area contributed by atoms with E-state index in [0.717, 1.165) is 23.4 Å². The predicted molar refractivity (Wildman–Crippen MR) is 72.2 cm³/mol. The maximum atomic E-state index is 12.1. The van der Waals surface area contributed by atoms with E-state index in [0.29, 0.717) is 6.42 Å². The van der Waals surface area contributed by atoms with Gasteiger partial charge >= 0.3 is 0 Å². The second kappa shape index (κ2) is 3.84. The van der Waals surface area contributed by atoms with Gasteiger partial charge < -0.3 is 4.57 Å². The van der Waals surface area contributed by atoms with Crippen LogP contribution < -0.4 is 0 Å². The molecule has 18 heavy (non-hydrogen) atoms. The van der Waals surface area contributed by atoms with E-state index in [1.165, 1.54) is 0 Å². The lowest BCUT2D eigenvalue weighted by Crippen LogP contribution is -2.27. The number of para-hydroxylation sites is 1. The lowest BCUT2D eigenvalue weighted by molar-refractivity contribution is 0.0911. The monoisotopic (exact) mass is 239 g/mol. The Labute approximate surface area is 107 Å². The third-order valence-corrected chi connectivity index (χ3v) is 3.61. The second-order valence-electron chi connectivity index (χ2n) is 5.82. The van der Waals surface area contributed by atoms with Crippen LogP contribution in [0.1, 0.15) is 36.3 Å². The van der Waals surface area contributed by atoms with E-state index in [2.05, 4.69) is 30.5 Å². The molecule has 0 N–H and O–H groups in total. The van der Waals surface area contributed by atoms with Crippen molar-refractivity contribution < 1.29 is 4.79 Å². The first-order chi connectivity index (χ1) is 8.57. The van der Waals surface area contributed by atoms with Gasteiger partial charge in [-0.05, 0) is 30.0 Å². The Balaban J connectivity index is 2.13. The molecule has 1 aliphatic carbocycles. The lowest BCUT2D eigenvalue weighted by atomic mass is 9.76. The molecule has 0 bridgehead atoms. The van der Waals surface area contributed by atoms with Gasteiger partial charge in [-0.25, -0.2) is 0 Å². The molecule has 0 saturated carbocycles. The predicted octanol–water partition coefficient (Wildman–Crippen LogP) is 3.63. The van der Waals surface area contributed by atoms with Crippen molar-refractivity contribution in [2.45, 2.75) is 26.7 Å². The zero-order valence-corrected chi connectivity index (χ0v) is 10.8. The summed E-state index contributed by atoms with van der Waals surface area (Å²) < 4.78 is 2.15. The van der Waals surface area contributed by atoms with Crippen LogP contribution in [0.25, 0.3) is 5.69 Å². The van der Waals surface area contributed by atoms with Crippen LogP contribution in [0.5, 0.6) is 0 Å². The fourth-order valence-corrected chi connectivity index (χ4v) is 2.78. The minimum Gasteiger partial charge on any atom is -0.320 e. The summed E-state index contributed by atoms with van der Waals surface area (Å²) in [6.45, 7) is 4.33. The highest BCUT2D eigenvalue weighted by molar-refractivity contribution is 5.99. The fourth-order valence-electron chi connectivity index (χ4n) is 2.78. The molecule has 0 aliphatic heterocycles. The van der Waals surface area contributed by atoms with Gasteiger partial charge in [0.2, 0.25) is 0 Å². The van der Waals surface area contributed by atoms with E-state index >= 15 is 0 Å². The topological polar surface area (TPSA) is 22.0 Å². The molecular formula is C16H17NO. The van der Waals surface area contributed by atoms with Crippen molar-refractivity contribution in [2.24, 2.45) is 5.41 Å². The first-order valence-electron chi connectivity index (χ1n) is 6.36. The van der Waals surface area contributed by atoms with Crippen LogP contribution in [0.4, 0.5) is 0 Å². The Bertz CT molecular complexity index is 593. The molecule has 92 valence electrons. The van der Waals surface area contributed by atoms with Gasteiger partial charge in [-0.15, -0.1) is 0 Å². The van der Waals surface area contributed by atoms with Crippen LogP contribution in [0.3, 0.4) is 0 Å². The van der Waals surface area contributed by atoms with Crippen LogP contribution in [0, 0.1) is 5.41 Å². The SMILES string of the molecule is CC1(C)CC(=O)c2ccn(-c3ccccc3)c2C1. The van der Waals surface area contributed by atoms with Crippen molar-refractivity contribution in [3.8, 4) is 5.69 Å². The fraction of sp³-hybridized carbons (Fsp3) is 0.312. The average molecular weight is 239 g/mol. The molecule has 0 spiro atoms. The molecule has 1 aliphatic rings. The Kier molecular flexibility index (Phi) is 2.40. The van der Waals surface area contributed by atoms with Crippen LogP contribution in [-0.4, -0.2) is 10.4 Å². The van der Waals surface area contributed by atoms with Crippen LogP contribution in [-0.2, 0) is 6.42 Å². The van der Waals surface area contributed by atoms with Gasteiger partial charge in [-0.3, -0.25) is 4.79 Å². The third-order valence-electron chi connectivity index (χ3n) is 3.61. The van der Waals surface area contributed by atoms with E-state index in [1.807, 2.05) is 30.5 Å². The first kappa shape index (κ1) is 11.3. The zero-order valence-electron chi connectivity index (χ0n) is 10.8. The number of carbonyl (C=O) groups excluding carboxylic acids is 1. The van der Waals surface area contributed by atoms with Crippen LogP contribution in [0.2, 0.25) is 0 Å². The maximum absolute atomic E-state index is 12.1. The quantitative estimate of drug-likeness (QED) is 0.744. The van der Waals surface area contributed by atoms with Gasteiger partial charge in [-0.2, -0.15) is 0 Å². The normalized spacial score (nSPS) is 17.6. The van der Waals surface area contributed by atoms with Crippen molar-refractivity contribution >= 4 is 5.78 Å². The largest absolute Gasteiger partial charge is 0.320 e. The van der Waals surface area contributed by atoms with Gasteiger partial charge in [0.1, 0.15) is 0 Å². The second-order valence-corrected chi connectivity index (χ2v) is 5.82. The van der Waals surface area contributed by atoms with Gasteiger partial charge in [-0.1, -0.05) is 32.0 Å². The highest BCUT2D eigenvalue weighted by atomic mass is 16.1. The molecule has 0 fully saturated rings. The maximum Gasteiger partial charge on any atom is 0.165 e. The molecule has 3 rings (SSSR count). The van der Waals surface area contributed by atoms with E-state index < -0.39 is 0 Å². The number of nitrogens with zero attached hydrogens (tertiary/aromatic N) is 1. The summed E-state index contributed by atoms with van der Waals surface area (Å²) in [5, 5.41) is 0. The summed E-state index contributed by atoms with van der Waals surface area (Å²) in [5.74, 6) is 0.274. The molecule has 0 atom stereocenters. The Hall–Kier alpha value is -1.83. The summed E-state index contributed by atoms with van der Waals surface area (Å²) in [6.07, 6.45) is 3.62. The molecule has 0 unspecified atom stereocenters. The lowest BCUT2D eigenvalue weighted by Gasteiger charge is -2.29. The Morgan fingerprint density at radius 2 is 1.78 bits per heavy atom. The molecule has 2 heteroatoms. The minimum absolute atomic E-state index is 0.0645. The van der Waals surface area contributed by atoms with Crippen molar-refractivity contribution in [3.63, 3.8) is 0 Å². The number of carbonyl (C=O) groups is 1. The molecule has 0 radical (unpaired) electrons. The summed E-state index contributed by atoms with van der Waals surface area (Å²) in [4.78, 5) is 12.1. The number of hydrogen-bond donors (Lipinski definition) is 0. The highest BCUT2D eigenvalue weighted by Gasteiger charge is 2.33. The van der Waals surface area contributed by atoms with E-state index in [9.17, 15) is 4.79 Å². The van der Waals surface area contributed by atoms with Crippen LogP contribution >= 0.6 is 0 Å². The number of aromatic nitrogens is 1. The standard InChI is InChI=1S/C16H17NO/c1-16(2)10-14-13(15(18)11-16)8-9-17(14)12-6-4-3-5-7-12/h3-9H,10-11H2,1-2H3. The van der Waals surface area contributed by atoms with E-state index in [-0.39, 0.29) is 11.2 Å². The van der Waals surface area contributed by atoms with Gasteiger partial charge in [0.15, 0.2) is 5.78 Å². The number of hydrogen-bond acceptors (Lipinski definition) is 1. The molecule has 2 nitrogen and oxygen atoms in total.